The molecule has 1 N–H and O–H groups in total. The molecule has 0 amide bonds. The van der Waals surface area contributed by atoms with Crippen LogP contribution in [0.3, 0.4) is 0 Å². The summed E-state index contributed by atoms with van der Waals surface area (Å²) in [5.41, 5.74) is 1.09. The van der Waals surface area contributed by atoms with E-state index in [1.807, 2.05) is 14.0 Å². The Balaban J connectivity index is 2.21. The van der Waals surface area contributed by atoms with Crippen molar-refractivity contribution in [3.8, 4) is 0 Å². The number of oxime groups is 1. The van der Waals surface area contributed by atoms with Gasteiger partial charge in [-0.1, -0.05) is 5.16 Å². The minimum Gasteiger partial charge on any atom is -0.391 e. The van der Waals surface area contributed by atoms with Gasteiger partial charge in [-0.25, -0.2) is 0 Å². The third kappa shape index (κ3) is 1.68. The van der Waals surface area contributed by atoms with E-state index < -0.39 is 0 Å². The summed E-state index contributed by atoms with van der Waals surface area (Å²) in [5, 5.41) is 6.84. The number of likely N-dealkylation sites (N-methyl/N-ethyl adjacent to an activating group) is 1. The maximum absolute atomic E-state index is 5.03. The Morgan fingerprint density at radius 3 is 3.11 bits per heavy atom. The van der Waals surface area contributed by atoms with Crippen molar-refractivity contribution >= 4 is 5.71 Å². The summed E-state index contributed by atoms with van der Waals surface area (Å²) >= 11 is 0. The lowest BCUT2D eigenvalue weighted by molar-refractivity contribution is 0.0866. The first-order valence-corrected chi connectivity index (χ1v) is 3.17. The molecule has 3 heteroatoms. The maximum atomic E-state index is 5.03. The van der Waals surface area contributed by atoms with Gasteiger partial charge in [0.1, 0.15) is 6.10 Å². The predicted octanol–water partition coefficient (Wildman–Crippen LogP) is 0.371. The van der Waals surface area contributed by atoms with E-state index in [1.165, 1.54) is 0 Å². The van der Waals surface area contributed by atoms with Crippen LogP contribution < -0.4 is 5.32 Å². The van der Waals surface area contributed by atoms with Crippen molar-refractivity contribution in [1.29, 1.82) is 0 Å². The second-order valence-electron chi connectivity index (χ2n) is 2.32. The molecule has 0 aromatic heterocycles. The zero-order valence-electron chi connectivity index (χ0n) is 5.85. The molecule has 1 aliphatic rings. The molecule has 1 heterocycles. The molecule has 0 unspecified atom stereocenters. The van der Waals surface area contributed by atoms with E-state index in [9.17, 15) is 0 Å². The molecule has 0 aromatic rings. The van der Waals surface area contributed by atoms with Gasteiger partial charge in [0.25, 0.3) is 0 Å². The van der Waals surface area contributed by atoms with E-state index in [2.05, 4.69) is 10.5 Å². The van der Waals surface area contributed by atoms with Gasteiger partial charge >= 0.3 is 0 Å². The normalized spacial score (nSPS) is 25.6. The molecule has 1 atom stereocenters. The number of rotatable bonds is 2. The second-order valence-corrected chi connectivity index (χ2v) is 2.32. The largest absolute Gasteiger partial charge is 0.391 e. The third-order valence-electron chi connectivity index (χ3n) is 1.31. The molecule has 0 radical (unpaired) electrons. The van der Waals surface area contributed by atoms with Crippen LogP contribution in [-0.2, 0) is 4.84 Å². The lowest BCUT2D eigenvalue weighted by Crippen LogP contribution is -2.23. The third-order valence-corrected chi connectivity index (χ3v) is 1.31. The van der Waals surface area contributed by atoms with E-state index >= 15 is 0 Å². The van der Waals surface area contributed by atoms with E-state index in [-0.39, 0.29) is 6.10 Å². The molecule has 0 aromatic carbocycles. The van der Waals surface area contributed by atoms with E-state index in [4.69, 9.17) is 4.84 Å². The molecule has 0 spiro atoms. The van der Waals surface area contributed by atoms with E-state index in [1.54, 1.807) is 0 Å². The van der Waals surface area contributed by atoms with Crippen LogP contribution in [0.4, 0.5) is 0 Å². The van der Waals surface area contributed by atoms with Gasteiger partial charge in [0.15, 0.2) is 0 Å². The molecule has 0 bridgehead atoms. The highest BCUT2D eigenvalue weighted by molar-refractivity contribution is 5.82. The van der Waals surface area contributed by atoms with Crippen molar-refractivity contribution in [2.75, 3.05) is 13.6 Å². The molecule has 52 valence electrons. The predicted molar refractivity (Wildman–Crippen MR) is 36.5 cm³/mol. The van der Waals surface area contributed by atoms with Gasteiger partial charge in [0.05, 0.1) is 5.71 Å². The first-order valence-electron chi connectivity index (χ1n) is 3.17. The fraction of sp³-hybridized carbons (Fsp3) is 0.833. The molecule has 9 heavy (non-hydrogen) atoms. The van der Waals surface area contributed by atoms with Crippen molar-refractivity contribution in [3.63, 3.8) is 0 Å². The average molecular weight is 128 g/mol. The molecular weight excluding hydrogens is 116 g/mol. The summed E-state index contributed by atoms with van der Waals surface area (Å²) in [6.07, 6.45) is 1.25. The molecule has 0 saturated heterocycles. The summed E-state index contributed by atoms with van der Waals surface area (Å²) in [6.45, 7) is 2.87. The van der Waals surface area contributed by atoms with Crippen LogP contribution in [0.15, 0.2) is 5.16 Å². The highest BCUT2D eigenvalue weighted by atomic mass is 16.6. The lowest BCUT2D eigenvalue weighted by Gasteiger charge is -2.04. The Kier molecular flexibility index (Phi) is 2.05. The Bertz CT molecular complexity index is 122. The number of nitrogens with zero attached hydrogens (tertiary/aromatic N) is 1. The van der Waals surface area contributed by atoms with Gasteiger partial charge in [-0.15, -0.1) is 0 Å². The Morgan fingerprint density at radius 1 is 1.89 bits per heavy atom. The zero-order chi connectivity index (χ0) is 6.69. The van der Waals surface area contributed by atoms with E-state index in [0.29, 0.717) is 0 Å². The topological polar surface area (TPSA) is 33.6 Å². The molecule has 0 saturated carbocycles. The highest BCUT2D eigenvalue weighted by Gasteiger charge is 2.15. The van der Waals surface area contributed by atoms with Gasteiger partial charge in [-0.3, -0.25) is 0 Å². The summed E-state index contributed by atoms with van der Waals surface area (Å²) < 4.78 is 0. The van der Waals surface area contributed by atoms with Gasteiger partial charge in [0, 0.05) is 13.0 Å². The summed E-state index contributed by atoms with van der Waals surface area (Å²) in [7, 11) is 1.91. The first-order chi connectivity index (χ1) is 4.33. The van der Waals surface area contributed by atoms with Gasteiger partial charge in [-0.05, 0) is 14.0 Å². The van der Waals surface area contributed by atoms with Crippen LogP contribution in [0, 0.1) is 0 Å². The molecule has 3 nitrogen and oxygen atoms in total. The van der Waals surface area contributed by atoms with Crippen molar-refractivity contribution in [2.45, 2.75) is 19.4 Å². The van der Waals surface area contributed by atoms with Crippen molar-refractivity contribution in [1.82, 2.24) is 5.32 Å². The SMILES string of the molecule is CNC[C@@H]1CC(C)=NO1. The maximum Gasteiger partial charge on any atom is 0.145 e. The van der Waals surface area contributed by atoms with Crippen molar-refractivity contribution < 1.29 is 4.84 Å². The van der Waals surface area contributed by atoms with E-state index in [0.717, 1.165) is 18.7 Å². The Morgan fingerprint density at radius 2 is 2.67 bits per heavy atom. The molecule has 1 rings (SSSR count). The Labute approximate surface area is 55.1 Å². The van der Waals surface area contributed by atoms with Crippen LogP contribution in [0.5, 0.6) is 0 Å². The minimum atomic E-state index is 0.273. The standard InChI is InChI=1S/C6H12N2O/c1-5-3-6(4-7-2)9-8-5/h6-7H,3-4H2,1-2H3/t6-/m0/s1. The smallest absolute Gasteiger partial charge is 0.145 e. The first kappa shape index (κ1) is 6.55. The van der Waals surface area contributed by atoms with Gasteiger partial charge in [0.2, 0.25) is 0 Å². The van der Waals surface area contributed by atoms with Crippen LogP contribution >= 0.6 is 0 Å². The molecule has 0 fully saturated rings. The fourth-order valence-electron chi connectivity index (χ4n) is 0.906. The number of hydrogen-bond donors (Lipinski definition) is 1. The van der Waals surface area contributed by atoms with Crippen molar-refractivity contribution in [2.24, 2.45) is 5.16 Å². The minimum absolute atomic E-state index is 0.273. The quantitative estimate of drug-likeness (QED) is 0.583. The lowest BCUT2D eigenvalue weighted by atomic mass is 10.2. The molecular formula is C6H12N2O. The summed E-state index contributed by atoms with van der Waals surface area (Å²) in [4.78, 5) is 5.03. The number of hydrogen-bond acceptors (Lipinski definition) is 3. The summed E-state index contributed by atoms with van der Waals surface area (Å²) in [6, 6.07) is 0. The Hall–Kier alpha value is -0.570. The fourth-order valence-corrected chi connectivity index (χ4v) is 0.906. The molecule has 1 aliphatic heterocycles. The van der Waals surface area contributed by atoms with Crippen LogP contribution in [0.25, 0.3) is 0 Å². The zero-order valence-corrected chi connectivity index (χ0v) is 5.85. The van der Waals surface area contributed by atoms with Crippen LogP contribution in [-0.4, -0.2) is 25.4 Å². The van der Waals surface area contributed by atoms with Crippen molar-refractivity contribution in [3.05, 3.63) is 0 Å². The summed E-state index contributed by atoms with van der Waals surface area (Å²) in [5.74, 6) is 0. The average Bonchev–Trinajstić information content (AvgIpc) is 2.17. The molecule has 0 aliphatic carbocycles. The van der Waals surface area contributed by atoms with Crippen LogP contribution in [0.1, 0.15) is 13.3 Å². The van der Waals surface area contributed by atoms with Crippen LogP contribution in [0.2, 0.25) is 0 Å². The van der Waals surface area contributed by atoms with Gasteiger partial charge in [-0.2, -0.15) is 0 Å². The number of nitrogens with one attached hydrogen (secondary N) is 1. The monoisotopic (exact) mass is 128 g/mol. The van der Waals surface area contributed by atoms with Gasteiger partial charge < -0.3 is 10.2 Å². The highest BCUT2D eigenvalue weighted by Crippen LogP contribution is 2.07. The second kappa shape index (κ2) is 2.82.